The van der Waals surface area contributed by atoms with Gasteiger partial charge in [0.15, 0.2) is 0 Å². The van der Waals surface area contributed by atoms with Crippen molar-refractivity contribution in [3.63, 3.8) is 0 Å². The molecule has 0 aliphatic rings. The van der Waals surface area contributed by atoms with Gasteiger partial charge in [0, 0.05) is 19.8 Å². The monoisotopic (exact) mass is 234 g/mol. The van der Waals surface area contributed by atoms with Crippen molar-refractivity contribution in [1.29, 1.82) is 0 Å². The number of hydrogen-bond acceptors (Lipinski definition) is 0. The minimum absolute atomic E-state index is 0.271. The lowest BCUT2D eigenvalue weighted by atomic mass is 10.2. The van der Waals surface area contributed by atoms with Gasteiger partial charge in [0.2, 0.25) is 0 Å². The van der Waals surface area contributed by atoms with Crippen LogP contribution in [0.1, 0.15) is 12.8 Å². The maximum atomic E-state index is 6.36. The van der Waals surface area contributed by atoms with E-state index in [0.29, 0.717) is 5.50 Å². The van der Waals surface area contributed by atoms with Crippen LogP contribution in [0.3, 0.4) is 0 Å². The molecule has 0 aromatic rings. The first kappa shape index (κ1) is 12.5. The molecule has 0 amide bonds. The first-order valence-corrected chi connectivity index (χ1v) is 7.77. The van der Waals surface area contributed by atoms with Gasteiger partial charge in [0.1, 0.15) is 0 Å². The summed E-state index contributed by atoms with van der Waals surface area (Å²) in [6.07, 6.45) is 5.19. The Kier molecular flexibility index (Phi) is 6.27. The van der Waals surface area contributed by atoms with Crippen LogP contribution in [0.15, 0.2) is 25.3 Å². The Bertz CT molecular complexity index is 149. The highest BCUT2D eigenvalue weighted by molar-refractivity contribution is 7.10. The molecule has 0 aromatic carbocycles. The van der Waals surface area contributed by atoms with E-state index in [1.54, 1.807) is 0 Å². The van der Waals surface area contributed by atoms with Crippen LogP contribution < -0.4 is 0 Å². The van der Waals surface area contributed by atoms with Crippen LogP contribution in [0.5, 0.6) is 0 Å². The maximum Gasteiger partial charge on any atom is 0.0754 e. The van der Waals surface area contributed by atoms with E-state index in [1.807, 2.05) is 12.2 Å². The van der Waals surface area contributed by atoms with E-state index in [4.69, 9.17) is 23.2 Å². The molecule has 0 heterocycles. The molecule has 0 atom stereocenters. The van der Waals surface area contributed by atoms with Crippen molar-refractivity contribution in [2.24, 2.45) is 0 Å². The highest BCUT2D eigenvalue weighted by atomic mass is 35.5. The molecule has 0 nitrogen and oxygen atoms in total. The van der Waals surface area contributed by atoms with Crippen LogP contribution in [0.25, 0.3) is 0 Å². The van der Waals surface area contributed by atoms with Gasteiger partial charge < -0.3 is 0 Å². The third kappa shape index (κ3) is 3.48. The lowest BCUT2D eigenvalue weighted by molar-refractivity contribution is 0.787. The molecule has 0 aromatic heterocycles. The van der Waals surface area contributed by atoms with Crippen molar-refractivity contribution >= 4 is 41.3 Å². The predicted octanol–water partition coefficient (Wildman–Crippen LogP) is 2.59. The zero-order valence-corrected chi connectivity index (χ0v) is 10.5. The van der Waals surface area contributed by atoms with E-state index in [2.05, 4.69) is 22.9 Å². The predicted molar refractivity (Wildman–Crippen MR) is 60.4 cm³/mol. The van der Waals surface area contributed by atoms with Crippen molar-refractivity contribution in [3.8, 4) is 0 Å². The zero-order valence-electron chi connectivity index (χ0n) is 6.95. The van der Waals surface area contributed by atoms with Gasteiger partial charge in [-0.1, -0.05) is 12.2 Å². The number of rotatable bonds is 6. The summed E-state index contributed by atoms with van der Waals surface area (Å²) >= 11 is 12.1. The summed E-state index contributed by atoms with van der Waals surface area (Å²) in [5, 5.41) is 0. The van der Waals surface area contributed by atoms with E-state index in [1.165, 1.54) is 0 Å². The van der Waals surface area contributed by atoms with E-state index >= 15 is 0 Å². The van der Waals surface area contributed by atoms with Crippen LogP contribution in [-0.2, 0) is 0 Å². The van der Waals surface area contributed by atoms with E-state index in [-0.39, 0.29) is 4.50 Å². The normalized spacial score (nSPS) is 11.7. The van der Waals surface area contributed by atoms with Gasteiger partial charge in [0.05, 0.1) is 8.31 Å². The second kappa shape index (κ2) is 6.03. The van der Waals surface area contributed by atoms with Gasteiger partial charge in [-0.2, -0.15) is 0 Å². The molecule has 0 N–H and O–H groups in total. The fourth-order valence-corrected chi connectivity index (χ4v) is 3.93. The molecule has 4 heteroatoms. The molecule has 0 spiro atoms. The summed E-state index contributed by atoms with van der Waals surface area (Å²) in [4.78, 5) is 0. The van der Waals surface area contributed by atoms with Gasteiger partial charge in [0.25, 0.3) is 0 Å². The molecule has 0 aliphatic heterocycles. The maximum absolute atomic E-state index is 6.36. The van der Waals surface area contributed by atoms with Crippen LogP contribution in [0.2, 0.25) is 0 Å². The van der Waals surface area contributed by atoms with E-state index in [9.17, 15) is 0 Å². The number of allylic oxidation sites excluding steroid dienone is 2. The highest BCUT2D eigenvalue weighted by Crippen LogP contribution is 2.27. The zero-order chi connectivity index (χ0) is 9.61. The molecule has 0 unspecified atom stereocenters. The summed E-state index contributed by atoms with van der Waals surface area (Å²) in [7, 11) is 2.70. The van der Waals surface area contributed by atoms with Gasteiger partial charge in [-0.3, -0.25) is 0 Å². The molecule has 0 rings (SSSR count). The van der Waals surface area contributed by atoms with E-state index in [0.717, 1.165) is 12.8 Å². The smallest absolute Gasteiger partial charge is 0.0754 e. The van der Waals surface area contributed by atoms with Crippen molar-refractivity contribution in [3.05, 3.63) is 25.3 Å². The number of alkyl halides is 2. The largest absolute Gasteiger partial charge is 0.131 e. The summed E-state index contributed by atoms with van der Waals surface area (Å²) in [5.41, 5.74) is 0.590. The van der Waals surface area contributed by atoms with Crippen LogP contribution in [0.4, 0.5) is 0 Å². The van der Waals surface area contributed by atoms with Crippen molar-refractivity contribution < 1.29 is 0 Å². The molecule has 4 radical (unpaired) electrons. The SMILES string of the molecule is C=CCC(Cl)(CC=C)[Si]([Si])CCl. The molecule has 66 valence electrons. The van der Waals surface area contributed by atoms with E-state index < -0.39 is 8.31 Å². The average molecular weight is 235 g/mol. The summed E-state index contributed by atoms with van der Waals surface area (Å²) < 4.78 is -0.271. The Balaban J connectivity index is 4.34. The fraction of sp³-hybridized carbons (Fsp3) is 0.500. The van der Waals surface area contributed by atoms with Gasteiger partial charge in [-0.05, 0) is 12.8 Å². The van der Waals surface area contributed by atoms with Crippen molar-refractivity contribution in [1.82, 2.24) is 0 Å². The van der Waals surface area contributed by atoms with Crippen LogP contribution in [-0.4, -0.2) is 28.1 Å². The van der Waals surface area contributed by atoms with Gasteiger partial charge in [-0.25, -0.2) is 0 Å². The molecular weight excluding hydrogens is 223 g/mol. The standard InChI is InChI=1S/C8H12Cl2Si2/c1-3-5-8(10,6-4-2)12(11)7-9/h3-4H,1-2,5-7H2. The Morgan fingerprint density at radius 2 is 1.75 bits per heavy atom. The summed E-state index contributed by atoms with van der Waals surface area (Å²) in [6, 6.07) is 0. The van der Waals surface area contributed by atoms with Crippen molar-refractivity contribution in [2.45, 2.75) is 17.3 Å². The van der Waals surface area contributed by atoms with Crippen LogP contribution in [0, 0.1) is 0 Å². The lowest BCUT2D eigenvalue weighted by Gasteiger charge is -2.28. The first-order chi connectivity index (χ1) is 5.60. The molecule has 0 aliphatic carbocycles. The number of hydrogen-bond donors (Lipinski definition) is 0. The third-order valence-electron chi connectivity index (χ3n) is 1.61. The average Bonchev–Trinajstić information content (AvgIpc) is 2.04. The topological polar surface area (TPSA) is 0 Å². The summed E-state index contributed by atoms with van der Waals surface area (Å²) in [6.45, 7) is 7.36. The van der Waals surface area contributed by atoms with Crippen molar-refractivity contribution in [2.75, 3.05) is 5.50 Å². The minimum atomic E-state index is -0.897. The second-order valence-corrected chi connectivity index (χ2v) is 8.40. The van der Waals surface area contributed by atoms with Gasteiger partial charge in [-0.15, -0.1) is 36.4 Å². The Labute approximate surface area is 89.5 Å². The van der Waals surface area contributed by atoms with Crippen LogP contribution >= 0.6 is 23.2 Å². The minimum Gasteiger partial charge on any atom is -0.131 e. The Morgan fingerprint density at radius 3 is 2.00 bits per heavy atom. The number of halogens is 2. The molecule has 12 heavy (non-hydrogen) atoms. The summed E-state index contributed by atoms with van der Waals surface area (Å²) in [5.74, 6) is 0. The first-order valence-electron chi connectivity index (χ1n) is 3.65. The second-order valence-electron chi connectivity index (χ2n) is 2.56. The Morgan fingerprint density at radius 1 is 1.33 bits per heavy atom. The molecule has 0 saturated heterocycles. The molecule has 0 fully saturated rings. The Hall–Kier alpha value is 0.494. The molecule has 0 saturated carbocycles. The fourth-order valence-electron chi connectivity index (χ4n) is 0.907. The third-order valence-corrected chi connectivity index (χ3v) is 8.28. The molecule has 0 bridgehead atoms. The van der Waals surface area contributed by atoms with Gasteiger partial charge >= 0.3 is 0 Å². The lowest BCUT2D eigenvalue weighted by Crippen LogP contribution is -2.42. The quantitative estimate of drug-likeness (QED) is 0.377. The molecular formula is C8H12Cl2Si2. The highest BCUT2D eigenvalue weighted by Gasteiger charge is 2.31.